The molecule has 0 radical (unpaired) electrons. The van der Waals surface area contributed by atoms with Crippen molar-refractivity contribution >= 4 is 11.6 Å². The van der Waals surface area contributed by atoms with E-state index in [9.17, 15) is 0 Å². The van der Waals surface area contributed by atoms with Crippen LogP contribution in [0.1, 0.15) is 51.4 Å². The summed E-state index contributed by atoms with van der Waals surface area (Å²) in [6.07, 6.45) is 10.8. The molecule has 0 heterocycles. The smallest absolute Gasteiger partial charge is 0.0586 e. The van der Waals surface area contributed by atoms with Crippen molar-refractivity contribution in [2.24, 2.45) is 5.41 Å². The highest BCUT2D eigenvalue weighted by Gasteiger charge is 2.33. The maximum absolute atomic E-state index is 6.17. The second kappa shape index (κ2) is 6.40. The van der Waals surface area contributed by atoms with Crippen molar-refractivity contribution < 1.29 is 4.74 Å². The number of halogens is 1. The van der Waals surface area contributed by atoms with E-state index in [-0.39, 0.29) is 0 Å². The van der Waals surface area contributed by atoms with Gasteiger partial charge in [0.25, 0.3) is 0 Å². The number of methoxy groups -OCH3 is 1. The summed E-state index contributed by atoms with van der Waals surface area (Å²) >= 11 is 6.17. The molecule has 0 aliphatic heterocycles. The molecule has 1 N–H and O–H groups in total. The van der Waals surface area contributed by atoms with Gasteiger partial charge in [-0.3, -0.25) is 0 Å². The molecule has 2 unspecified atom stereocenters. The van der Waals surface area contributed by atoms with E-state index in [0.29, 0.717) is 17.6 Å². The third-order valence-corrected chi connectivity index (χ3v) is 5.24. The normalized spacial score (nSPS) is 32.8. The van der Waals surface area contributed by atoms with Gasteiger partial charge in [0.2, 0.25) is 0 Å². The molecule has 3 heteroatoms. The Bertz CT molecular complexity index is 228. The van der Waals surface area contributed by atoms with Crippen LogP contribution in [0.15, 0.2) is 0 Å². The summed E-state index contributed by atoms with van der Waals surface area (Å²) in [5.74, 6) is 0.820. The first-order valence-corrected chi connectivity index (χ1v) is 7.64. The monoisotopic (exact) mass is 259 g/mol. The number of hydrogen-bond donors (Lipinski definition) is 1. The van der Waals surface area contributed by atoms with Gasteiger partial charge in [-0.15, -0.1) is 11.6 Å². The minimum absolute atomic E-state index is 0.390. The molecule has 2 aliphatic rings. The van der Waals surface area contributed by atoms with Crippen LogP contribution >= 0.6 is 11.6 Å². The fourth-order valence-electron chi connectivity index (χ4n) is 3.39. The van der Waals surface area contributed by atoms with Crippen LogP contribution in [0.3, 0.4) is 0 Å². The molecule has 2 saturated carbocycles. The fourth-order valence-corrected chi connectivity index (χ4v) is 3.75. The first-order valence-electron chi connectivity index (χ1n) is 7.10. The van der Waals surface area contributed by atoms with E-state index in [1.54, 1.807) is 0 Å². The van der Waals surface area contributed by atoms with Crippen molar-refractivity contribution in [3.05, 3.63) is 0 Å². The summed E-state index contributed by atoms with van der Waals surface area (Å²) < 4.78 is 5.48. The Hall–Kier alpha value is 0.210. The predicted octanol–water partition coefficient (Wildman–Crippen LogP) is 3.33. The summed E-state index contributed by atoms with van der Waals surface area (Å²) in [6, 6.07) is 0.648. The number of alkyl halides is 1. The predicted molar refractivity (Wildman–Crippen MR) is 72.7 cm³/mol. The third-order valence-electron chi connectivity index (χ3n) is 4.67. The van der Waals surface area contributed by atoms with Gasteiger partial charge in [0.15, 0.2) is 0 Å². The molecule has 2 nitrogen and oxygen atoms in total. The van der Waals surface area contributed by atoms with Gasteiger partial charge in [0, 0.05) is 25.6 Å². The summed E-state index contributed by atoms with van der Waals surface area (Å²) in [4.78, 5) is 0. The molecule has 0 amide bonds. The molecule has 0 aromatic heterocycles. The Balaban J connectivity index is 1.76. The van der Waals surface area contributed by atoms with Crippen molar-refractivity contribution in [2.45, 2.75) is 63.5 Å². The minimum Gasteiger partial charge on any atom is -0.381 e. The molecule has 2 rings (SSSR count). The molecule has 2 fully saturated rings. The van der Waals surface area contributed by atoms with E-state index in [0.717, 1.165) is 12.4 Å². The van der Waals surface area contributed by atoms with E-state index in [2.05, 4.69) is 5.32 Å². The summed E-state index contributed by atoms with van der Waals surface area (Å²) in [5, 5.41) is 3.76. The molecule has 100 valence electrons. The highest BCUT2D eigenvalue weighted by Crippen LogP contribution is 2.38. The van der Waals surface area contributed by atoms with Gasteiger partial charge in [-0.2, -0.15) is 0 Å². The number of rotatable bonds is 5. The average Bonchev–Trinajstić information content (AvgIpc) is 2.86. The second-order valence-electron chi connectivity index (χ2n) is 5.94. The Labute approximate surface area is 110 Å². The van der Waals surface area contributed by atoms with Crippen LogP contribution in [0, 0.1) is 5.41 Å². The summed E-state index contributed by atoms with van der Waals surface area (Å²) in [7, 11) is 1.84. The maximum Gasteiger partial charge on any atom is 0.0586 e. The topological polar surface area (TPSA) is 21.3 Å². The highest BCUT2D eigenvalue weighted by molar-refractivity contribution is 6.18. The molecule has 17 heavy (non-hydrogen) atoms. The van der Waals surface area contributed by atoms with Gasteiger partial charge in [0.1, 0.15) is 0 Å². The molecule has 0 aromatic carbocycles. The van der Waals surface area contributed by atoms with Gasteiger partial charge >= 0.3 is 0 Å². The lowest BCUT2D eigenvalue weighted by molar-refractivity contribution is 0.0570. The van der Waals surface area contributed by atoms with Gasteiger partial charge in [-0.1, -0.05) is 12.8 Å². The van der Waals surface area contributed by atoms with Crippen LogP contribution in [-0.2, 0) is 4.74 Å². The van der Waals surface area contributed by atoms with E-state index in [1.165, 1.54) is 51.4 Å². The van der Waals surface area contributed by atoms with E-state index >= 15 is 0 Å². The molecule has 0 spiro atoms. The molecule has 0 bridgehead atoms. The molecule has 2 aliphatic carbocycles. The largest absolute Gasteiger partial charge is 0.381 e. The summed E-state index contributed by atoms with van der Waals surface area (Å²) in [5.41, 5.74) is 0.390. The SMILES string of the molecule is COC1CCCC(NCC2(CCl)CCCC2)C1. The molecular weight excluding hydrogens is 234 g/mol. The van der Waals surface area contributed by atoms with Gasteiger partial charge in [0.05, 0.1) is 6.10 Å². The van der Waals surface area contributed by atoms with Crippen LogP contribution in [0.25, 0.3) is 0 Å². The lowest BCUT2D eigenvalue weighted by Gasteiger charge is -2.33. The van der Waals surface area contributed by atoms with Crippen LogP contribution in [-0.4, -0.2) is 31.7 Å². The molecular formula is C14H26ClNO. The first-order chi connectivity index (χ1) is 8.28. The third kappa shape index (κ3) is 3.59. The fraction of sp³-hybridized carbons (Fsp3) is 1.00. The molecule has 0 saturated heterocycles. The Morgan fingerprint density at radius 1 is 1.24 bits per heavy atom. The van der Waals surface area contributed by atoms with Gasteiger partial charge in [-0.25, -0.2) is 0 Å². The van der Waals surface area contributed by atoms with Crippen molar-refractivity contribution in [3.63, 3.8) is 0 Å². The summed E-state index contributed by atoms with van der Waals surface area (Å²) in [6.45, 7) is 1.11. The second-order valence-corrected chi connectivity index (χ2v) is 6.21. The molecule has 0 aromatic rings. The zero-order chi connectivity index (χ0) is 12.1. The van der Waals surface area contributed by atoms with Gasteiger partial charge in [-0.05, 0) is 43.9 Å². The van der Waals surface area contributed by atoms with Crippen LogP contribution in [0.5, 0.6) is 0 Å². The lowest BCUT2D eigenvalue weighted by Crippen LogP contribution is -2.43. The zero-order valence-electron chi connectivity index (χ0n) is 11.0. The van der Waals surface area contributed by atoms with Crippen molar-refractivity contribution in [2.75, 3.05) is 19.5 Å². The number of hydrogen-bond acceptors (Lipinski definition) is 2. The lowest BCUT2D eigenvalue weighted by atomic mass is 9.86. The Kier molecular flexibility index (Phi) is 5.13. The van der Waals surface area contributed by atoms with Gasteiger partial charge < -0.3 is 10.1 Å². The maximum atomic E-state index is 6.17. The number of nitrogens with one attached hydrogen (secondary N) is 1. The quantitative estimate of drug-likeness (QED) is 0.765. The van der Waals surface area contributed by atoms with Crippen molar-refractivity contribution in [1.29, 1.82) is 0 Å². The van der Waals surface area contributed by atoms with E-state index in [4.69, 9.17) is 16.3 Å². The average molecular weight is 260 g/mol. The van der Waals surface area contributed by atoms with E-state index < -0.39 is 0 Å². The Morgan fingerprint density at radius 3 is 2.65 bits per heavy atom. The standard InChI is InChI=1S/C14H26ClNO/c1-17-13-6-4-5-12(9-13)16-11-14(10-15)7-2-3-8-14/h12-13,16H,2-11H2,1H3. The van der Waals surface area contributed by atoms with Crippen LogP contribution < -0.4 is 5.32 Å². The zero-order valence-corrected chi connectivity index (χ0v) is 11.8. The molecule has 2 atom stereocenters. The van der Waals surface area contributed by atoms with Crippen molar-refractivity contribution in [3.8, 4) is 0 Å². The van der Waals surface area contributed by atoms with E-state index in [1.807, 2.05) is 7.11 Å². The van der Waals surface area contributed by atoms with Crippen LogP contribution in [0.2, 0.25) is 0 Å². The van der Waals surface area contributed by atoms with Crippen molar-refractivity contribution in [1.82, 2.24) is 5.32 Å². The highest BCUT2D eigenvalue weighted by atomic mass is 35.5. The Morgan fingerprint density at radius 2 is 2.00 bits per heavy atom. The first kappa shape index (κ1) is 13.6. The minimum atomic E-state index is 0.390. The van der Waals surface area contributed by atoms with Crippen LogP contribution in [0.4, 0.5) is 0 Å². The number of ether oxygens (including phenoxy) is 1.